The SMILES string of the molecule is COc1ccc(S(=O)(=O)Nc2cccc3c2O[C@@H](CN(C)C(=O)NC2CCCCC2)[C@H](C)CN([C@H](C)CO)C3=O)cc1. The molecule has 1 saturated carbocycles. The van der Waals surface area contributed by atoms with Gasteiger partial charge in [-0.3, -0.25) is 9.52 Å². The lowest BCUT2D eigenvalue weighted by Crippen LogP contribution is -2.52. The van der Waals surface area contributed by atoms with Gasteiger partial charge in [-0.2, -0.15) is 0 Å². The molecule has 0 saturated heterocycles. The maximum absolute atomic E-state index is 13.7. The Bertz CT molecular complexity index is 1350. The van der Waals surface area contributed by atoms with E-state index in [4.69, 9.17) is 9.47 Å². The number of carbonyl (C=O) groups is 2. The summed E-state index contributed by atoms with van der Waals surface area (Å²) in [5.74, 6) is -0.0512. The Morgan fingerprint density at radius 3 is 2.50 bits per heavy atom. The van der Waals surface area contributed by atoms with Gasteiger partial charge in [-0.25, -0.2) is 13.2 Å². The molecule has 0 spiro atoms. The number of para-hydroxylation sites is 1. The molecule has 3 N–H and O–H groups in total. The summed E-state index contributed by atoms with van der Waals surface area (Å²) in [6, 6.07) is 10.1. The first-order valence-corrected chi connectivity index (χ1v) is 15.9. The molecule has 0 bridgehead atoms. The number of anilines is 1. The molecule has 1 heterocycles. The molecule has 4 rings (SSSR count). The zero-order valence-corrected chi connectivity index (χ0v) is 25.5. The summed E-state index contributed by atoms with van der Waals surface area (Å²) in [6.07, 6.45) is 4.70. The number of likely N-dealkylation sites (N-methyl/N-ethyl adjacent to an activating group) is 1. The summed E-state index contributed by atoms with van der Waals surface area (Å²) in [7, 11) is -0.860. The third-order valence-corrected chi connectivity index (χ3v) is 9.42. The van der Waals surface area contributed by atoms with Crippen LogP contribution in [0, 0.1) is 5.92 Å². The number of rotatable bonds is 9. The molecule has 0 aromatic heterocycles. The molecule has 1 aliphatic carbocycles. The van der Waals surface area contributed by atoms with Crippen LogP contribution in [0.4, 0.5) is 10.5 Å². The van der Waals surface area contributed by atoms with Crippen LogP contribution >= 0.6 is 0 Å². The Hall–Kier alpha value is -3.51. The number of benzene rings is 2. The van der Waals surface area contributed by atoms with Gasteiger partial charge in [0, 0.05) is 25.6 Å². The third-order valence-electron chi connectivity index (χ3n) is 8.04. The molecule has 1 aliphatic heterocycles. The average molecular weight is 603 g/mol. The summed E-state index contributed by atoms with van der Waals surface area (Å²) < 4.78 is 40.9. The fraction of sp³-hybridized carbons (Fsp3) is 0.533. The monoisotopic (exact) mass is 602 g/mol. The van der Waals surface area contributed by atoms with E-state index in [-0.39, 0.29) is 65.5 Å². The molecule has 2 aliphatic rings. The maximum atomic E-state index is 13.7. The number of methoxy groups -OCH3 is 1. The second kappa shape index (κ2) is 13.6. The Balaban J connectivity index is 1.66. The Kier molecular flexibility index (Phi) is 10.2. The van der Waals surface area contributed by atoms with Crippen LogP contribution < -0.4 is 19.5 Å². The second-order valence-electron chi connectivity index (χ2n) is 11.3. The minimum absolute atomic E-state index is 0.0117. The number of nitrogens with one attached hydrogen (secondary N) is 2. The highest BCUT2D eigenvalue weighted by Gasteiger charge is 2.35. The number of aliphatic hydroxyl groups excluding tert-OH is 1. The zero-order chi connectivity index (χ0) is 30.4. The molecule has 1 fully saturated rings. The number of carbonyl (C=O) groups excluding carboxylic acids is 2. The standard InChI is InChI=1S/C30H42N4O7S/c1-20-17-34(21(2)19-35)29(36)25-11-8-12-26(32-42(38,39)24-15-13-23(40-4)14-16-24)28(25)41-27(20)18-33(3)30(37)31-22-9-6-5-7-10-22/h8,11-16,20-22,27,32,35H,5-7,9-10,17-19H2,1-4H3,(H,31,37)/t20-,21-,27+/m1/s1. The predicted octanol–water partition coefficient (Wildman–Crippen LogP) is 3.69. The van der Waals surface area contributed by atoms with E-state index < -0.39 is 22.2 Å². The number of urea groups is 1. The quantitative estimate of drug-likeness (QED) is 0.398. The van der Waals surface area contributed by atoms with Gasteiger partial charge in [0.1, 0.15) is 11.9 Å². The third kappa shape index (κ3) is 7.27. The van der Waals surface area contributed by atoms with E-state index in [0.717, 1.165) is 25.7 Å². The van der Waals surface area contributed by atoms with Crippen LogP contribution in [0.1, 0.15) is 56.3 Å². The molecule has 42 heavy (non-hydrogen) atoms. The summed E-state index contributed by atoms with van der Waals surface area (Å²) in [5, 5.41) is 13.0. The molecular formula is C30H42N4O7S. The van der Waals surface area contributed by atoms with Crippen molar-refractivity contribution < 1.29 is 32.6 Å². The lowest BCUT2D eigenvalue weighted by molar-refractivity contribution is 0.0368. The molecule has 0 radical (unpaired) electrons. The van der Waals surface area contributed by atoms with E-state index in [2.05, 4.69) is 10.0 Å². The normalized spacial score (nSPS) is 20.4. The largest absolute Gasteiger partial charge is 0.497 e. The smallest absolute Gasteiger partial charge is 0.317 e. The molecule has 0 unspecified atom stereocenters. The highest BCUT2D eigenvalue weighted by atomic mass is 32.2. The van der Waals surface area contributed by atoms with Crippen LogP contribution in [0.3, 0.4) is 0 Å². The lowest BCUT2D eigenvalue weighted by atomic mass is 9.96. The summed E-state index contributed by atoms with van der Waals surface area (Å²) in [6.45, 7) is 3.91. The van der Waals surface area contributed by atoms with E-state index >= 15 is 0 Å². The number of nitrogens with zero attached hydrogens (tertiary/aromatic N) is 2. The Morgan fingerprint density at radius 1 is 1.17 bits per heavy atom. The van der Waals surface area contributed by atoms with E-state index in [1.54, 1.807) is 48.0 Å². The number of sulfonamides is 1. The highest BCUT2D eigenvalue weighted by molar-refractivity contribution is 7.92. The second-order valence-corrected chi connectivity index (χ2v) is 12.9. The summed E-state index contributed by atoms with van der Waals surface area (Å²) >= 11 is 0. The van der Waals surface area contributed by atoms with Gasteiger partial charge in [0.05, 0.1) is 42.4 Å². The van der Waals surface area contributed by atoms with Crippen molar-refractivity contribution in [3.8, 4) is 11.5 Å². The highest BCUT2D eigenvalue weighted by Crippen LogP contribution is 2.36. The van der Waals surface area contributed by atoms with Crippen LogP contribution in [0.5, 0.6) is 11.5 Å². The first kappa shape index (κ1) is 31.4. The molecule has 3 atom stereocenters. The van der Waals surface area contributed by atoms with Gasteiger partial charge in [-0.15, -0.1) is 0 Å². The molecule has 230 valence electrons. The van der Waals surface area contributed by atoms with E-state index in [9.17, 15) is 23.1 Å². The molecule has 2 aromatic rings. The first-order valence-electron chi connectivity index (χ1n) is 14.4. The topological polar surface area (TPSA) is 138 Å². The predicted molar refractivity (Wildman–Crippen MR) is 159 cm³/mol. The fourth-order valence-corrected chi connectivity index (χ4v) is 6.45. The molecule has 3 amide bonds. The number of ether oxygens (including phenoxy) is 2. The van der Waals surface area contributed by atoms with Gasteiger partial charge >= 0.3 is 6.03 Å². The Morgan fingerprint density at radius 2 is 1.86 bits per heavy atom. The minimum atomic E-state index is -4.05. The van der Waals surface area contributed by atoms with Gasteiger partial charge in [-0.1, -0.05) is 32.3 Å². The van der Waals surface area contributed by atoms with Crippen LogP contribution in [0.15, 0.2) is 47.4 Å². The summed E-state index contributed by atoms with van der Waals surface area (Å²) in [4.78, 5) is 30.0. The minimum Gasteiger partial charge on any atom is -0.497 e. The van der Waals surface area contributed by atoms with Gasteiger partial charge in [0.25, 0.3) is 15.9 Å². The number of amides is 3. The number of fused-ring (bicyclic) bond motifs is 1. The number of hydrogen-bond donors (Lipinski definition) is 3. The lowest BCUT2D eigenvalue weighted by Gasteiger charge is -2.38. The molecule has 12 heteroatoms. The summed E-state index contributed by atoms with van der Waals surface area (Å²) in [5.41, 5.74) is 0.262. The van der Waals surface area contributed by atoms with Crippen molar-refractivity contribution in [2.24, 2.45) is 5.92 Å². The van der Waals surface area contributed by atoms with Crippen LogP contribution in [-0.4, -0.2) is 87.3 Å². The van der Waals surface area contributed by atoms with Gasteiger partial charge in [-0.05, 0) is 56.2 Å². The molecule has 2 aromatic carbocycles. The van der Waals surface area contributed by atoms with Crippen molar-refractivity contribution in [1.82, 2.24) is 15.1 Å². The van der Waals surface area contributed by atoms with Crippen molar-refractivity contribution in [2.75, 3.05) is 38.6 Å². The van der Waals surface area contributed by atoms with E-state index in [0.29, 0.717) is 5.75 Å². The van der Waals surface area contributed by atoms with Crippen molar-refractivity contribution in [3.05, 3.63) is 48.0 Å². The molecule has 11 nitrogen and oxygen atoms in total. The van der Waals surface area contributed by atoms with E-state index in [1.165, 1.54) is 31.7 Å². The first-order chi connectivity index (χ1) is 20.0. The van der Waals surface area contributed by atoms with E-state index in [1.807, 2.05) is 6.92 Å². The maximum Gasteiger partial charge on any atom is 0.317 e. The van der Waals surface area contributed by atoms with Crippen molar-refractivity contribution in [1.29, 1.82) is 0 Å². The van der Waals surface area contributed by atoms with Gasteiger partial charge in [0.15, 0.2) is 5.75 Å². The van der Waals surface area contributed by atoms with Gasteiger partial charge in [0.2, 0.25) is 0 Å². The van der Waals surface area contributed by atoms with Crippen LogP contribution in [0.25, 0.3) is 0 Å². The Labute approximate surface area is 248 Å². The number of hydrogen-bond acceptors (Lipinski definition) is 7. The van der Waals surface area contributed by atoms with Crippen molar-refractivity contribution >= 4 is 27.6 Å². The van der Waals surface area contributed by atoms with Gasteiger partial charge < -0.3 is 29.7 Å². The molecular weight excluding hydrogens is 560 g/mol. The van der Waals surface area contributed by atoms with Crippen molar-refractivity contribution in [3.63, 3.8) is 0 Å². The zero-order valence-electron chi connectivity index (χ0n) is 24.7. The van der Waals surface area contributed by atoms with Crippen LogP contribution in [0.2, 0.25) is 0 Å². The average Bonchev–Trinajstić information content (AvgIpc) is 2.99. The van der Waals surface area contributed by atoms with Crippen molar-refractivity contribution in [2.45, 2.75) is 69.0 Å². The fourth-order valence-electron chi connectivity index (χ4n) is 5.38. The van der Waals surface area contributed by atoms with Crippen LogP contribution in [-0.2, 0) is 10.0 Å². The number of aliphatic hydroxyl groups is 1.